The van der Waals surface area contributed by atoms with E-state index in [4.69, 9.17) is 9.47 Å². The average molecular weight is 400 g/mol. The Morgan fingerprint density at radius 2 is 2.22 bits per heavy atom. The largest absolute Gasteiger partial charge is 0.393 e. The summed E-state index contributed by atoms with van der Waals surface area (Å²) in [5.74, 6) is -0.798. The third-order valence-electron chi connectivity index (χ3n) is 5.22. The molecule has 2 aliphatic heterocycles. The molecule has 0 radical (unpaired) electrons. The first kappa shape index (κ1) is 17.5. The molecule has 27 heavy (non-hydrogen) atoms. The van der Waals surface area contributed by atoms with Crippen molar-refractivity contribution in [2.45, 2.75) is 50.8 Å². The molecular weight excluding hydrogens is 378 g/mol. The van der Waals surface area contributed by atoms with Crippen LogP contribution in [-0.2, 0) is 28.3 Å². The third kappa shape index (κ3) is 3.26. The maximum atomic E-state index is 10.3. The number of aromatic nitrogens is 1. The molecule has 140 valence electrons. The van der Waals surface area contributed by atoms with Crippen molar-refractivity contribution >= 4 is 22.7 Å². The maximum absolute atomic E-state index is 10.3. The van der Waals surface area contributed by atoms with E-state index in [9.17, 15) is 5.11 Å². The fraction of sp³-hybridized carbons (Fsp3) is 0.381. The van der Waals surface area contributed by atoms with E-state index in [0.29, 0.717) is 19.4 Å². The van der Waals surface area contributed by atoms with Crippen LogP contribution in [0.25, 0.3) is 9.75 Å². The predicted molar refractivity (Wildman–Crippen MR) is 107 cm³/mol. The van der Waals surface area contributed by atoms with E-state index in [2.05, 4.69) is 40.7 Å². The van der Waals surface area contributed by atoms with Crippen LogP contribution in [0.5, 0.6) is 0 Å². The first-order chi connectivity index (χ1) is 13.1. The fourth-order valence-corrected chi connectivity index (χ4v) is 5.82. The number of nitrogens with zero attached hydrogens (tertiary/aromatic N) is 1. The smallest absolute Gasteiger partial charge is 0.198 e. The van der Waals surface area contributed by atoms with Gasteiger partial charge in [0.25, 0.3) is 0 Å². The minimum absolute atomic E-state index is 0.0179. The van der Waals surface area contributed by atoms with Gasteiger partial charge in [0.05, 0.1) is 28.7 Å². The second-order valence-electron chi connectivity index (χ2n) is 7.33. The van der Waals surface area contributed by atoms with Crippen molar-refractivity contribution in [3.63, 3.8) is 0 Å². The second kappa shape index (κ2) is 6.79. The standard InChI is InChI=1S/C21H21NO3S2/c1-13-7-16(23)10-21(25-13)17-8-14(4-5-15(17)12-24-21)9-20-22-11-19(27-20)18-3-2-6-26-18/h2-6,8,11,13,16,23H,7,9-10,12H2,1H3/t13?,16?,21-/m1/s1. The van der Waals surface area contributed by atoms with Gasteiger partial charge in [-0.15, -0.1) is 22.7 Å². The number of hydrogen-bond donors (Lipinski definition) is 1. The number of aliphatic hydroxyl groups excluding tert-OH is 1. The molecule has 0 saturated carbocycles. The van der Waals surface area contributed by atoms with Crippen molar-refractivity contribution in [2.75, 3.05) is 0 Å². The Balaban J connectivity index is 1.42. The van der Waals surface area contributed by atoms with Crippen LogP contribution in [0.4, 0.5) is 0 Å². The topological polar surface area (TPSA) is 51.6 Å². The summed E-state index contributed by atoms with van der Waals surface area (Å²) in [4.78, 5) is 7.09. The zero-order chi connectivity index (χ0) is 18.4. The first-order valence-corrected chi connectivity index (χ1v) is 10.9. The van der Waals surface area contributed by atoms with Crippen molar-refractivity contribution in [2.24, 2.45) is 0 Å². The summed E-state index contributed by atoms with van der Waals surface area (Å²) in [5.41, 5.74) is 3.42. The van der Waals surface area contributed by atoms with Crippen molar-refractivity contribution in [1.29, 1.82) is 0 Å². The van der Waals surface area contributed by atoms with Gasteiger partial charge in [-0.2, -0.15) is 0 Å². The Morgan fingerprint density at radius 3 is 3.04 bits per heavy atom. The Labute approximate surface area is 166 Å². The Hall–Kier alpha value is -1.57. The molecule has 3 atom stereocenters. The predicted octanol–water partition coefficient (Wildman–Crippen LogP) is 4.71. The molecule has 0 bridgehead atoms. The van der Waals surface area contributed by atoms with E-state index in [1.165, 1.54) is 15.3 Å². The molecule has 1 spiro atoms. The molecule has 1 N–H and O–H groups in total. The molecule has 2 unspecified atom stereocenters. The fourth-order valence-electron chi connectivity index (χ4n) is 4.05. The van der Waals surface area contributed by atoms with Gasteiger partial charge in [-0.3, -0.25) is 0 Å². The summed E-state index contributed by atoms with van der Waals surface area (Å²) in [6.07, 6.45) is 3.49. The van der Waals surface area contributed by atoms with Crippen molar-refractivity contribution in [1.82, 2.24) is 4.98 Å². The van der Waals surface area contributed by atoms with Crippen LogP contribution >= 0.6 is 22.7 Å². The van der Waals surface area contributed by atoms with Gasteiger partial charge < -0.3 is 14.6 Å². The molecule has 4 nitrogen and oxygen atoms in total. The maximum Gasteiger partial charge on any atom is 0.198 e. The van der Waals surface area contributed by atoms with Crippen molar-refractivity contribution in [3.8, 4) is 9.75 Å². The van der Waals surface area contributed by atoms with Gasteiger partial charge in [0.1, 0.15) is 0 Å². The molecule has 4 heterocycles. The Kier molecular flexibility index (Phi) is 4.41. The lowest BCUT2D eigenvalue weighted by atomic mass is 9.90. The van der Waals surface area contributed by atoms with E-state index in [0.717, 1.165) is 22.6 Å². The molecule has 0 aliphatic carbocycles. The highest BCUT2D eigenvalue weighted by Gasteiger charge is 2.47. The molecule has 2 aromatic heterocycles. The summed E-state index contributed by atoms with van der Waals surface area (Å²) >= 11 is 3.48. The van der Waals surface area contributed by atoms with Crippen LogP contribution in [-0.4, -0.2) is 22.3 Å². The van der Waals surface area contributed by atoms with Gasteiger partial charge >= 0.3 is 0 Å². The number of thiophene rings is 1. The van der Waals surface area contributed by atoms with Gasteiger partial charge in [-0.05, 0) is 42.0 Å². The lowest BCUT2D eigenvalue weighted by Crippen LogP contribution is -2.43. The highest BCUT2D eigenvalue weighted by Crippen LogP contribution is 2.45. The highest BCUT2D eigenvalue weighted by molar-refractivity contribution is 7.21. The summed E-state index contributed by atoms with van der Waals surface area (Å²) in [5, 5.41) is 13.5. The Bertz CT molecular complexity index is 940. The first-order valence-electron chi connectivity index (χ1n) is 9.22. The molecule has 5 rings (SSSR count). The minimum Gasteiger partial charge on any atom is -0.393 e. The quantitative estimate of drug-likeness (QED) is 0.693. The van der Waals surface area contributed by atoms with E-state index in [-0.39, 0.29) is 6.10 Å². The number of rotatable bonds is 3. The number of benzene rings is 1. The molecule has 1 aromatic carbocycles. The van der Waals surface area contributed by atoms with E-state index in [1.807, 2.05) is 13.1 Å². The van der Waals surface area contributed by atoms with E-state index < -0.39 is 11.9 Å². The zero-order valence-corrected chi connectivity index (χ0v) is 16.7. The van der Waals surface area contributed by atoms with Crippen LogP contribution in [0.2, 0.25) is 0 Å². The van der Waals surface area contributed by atoms with E-state index in [1.54, 1.807) is 22.7 Å². The van der Waals surface area contributed by atoms with Gasteiger partial charge in [-0.1, -0.05) is 18.2 Å². The van der Waals surface area contributed by atoms with Crippen LogP contribution in [0.15, 0.2) is 41.9 Å². The monoisotopic (exact) mass is 399 g/mol. The number of hydrogen-bond acceptors (Lipinski definition) is 6. The molecular formula is C21H21NO3S2. The van der Waals surface area contributed by atoms with Crippen molar-refractivity contribution < 1.29 is 14.6 Å². The number of aliphatic hydroxyl groups is 1. The van der Waals surface area contributed by atoms with Crippen LogP contribution in [0, 0.1) is 0 Å². The zero-order valence-electron chi connectivity index (χ0n) is 15.1. The van der Waals surface area contributed by atoms with Gasteiger partial charge in [0.2, 0.25) is 0 Å². The summed E-state index contributed by atoms with van der Waals surface area (Å²) in [6, 6.07) is 10.7. The molecule has 1 saturated heterocycles. The minimum atomic E-state index is -0.798. The number of thiazole rings is 1. The lowest BCUT2D eigenvalue weighted by Gasteiger charge is -2.39. The van der Waals surface area contributed by atoms with Crippen LogP contribution in [0.1, 0.15) is 41.5 Å². The summed E-state index contributed by atoms with van der Waals surface area (Å²) in [7, 11) is 0. The molecule has 0 amide bonds. The Morgan fingerprint density at radius 1 is 1.30 bits per heavy atom. The second-order valence-corrected chi connectivity index (χ2v) is 9.39. The van der Waals surface area contributed by atoms with Gasteiger partial charge in [0, 0.05) is 29.5 Å². The summed E-state index contributed by atoms with van der Waals surface area (Å²) < 4.78 is 12.3. The third-order valence-corrected chi connectivity index (χ3v) is 7.28. The van der Waals surface area contributed by atoms with Crippen LogP contribution < -0.4 is 0 Å². The number of fused-ring (bicyclic) bond motifs is 2. The lowest BCUT2D eigenvalue weighted by molar-refractivity contribution is -0.295. The normalized spacial score (nSPS) is 27.2. The van der Waals surface area contributed by atoms with Crippen molar-refractivity contribution in [3.05, 3.63) is 63.6 Å². The molecule has 1 fully saturated rings. The molecule has 3 aromatic rings. The average Bonchev–Trinajstić information content (AvgIpc) is 3.36. The number of ether oxygens (including phenoxy) is 2. The van der Waals surface area contributed by atoms with E-state index >= 15 is 0 Å². The van der Waals surface area contributed by atoms with Gasteiger partial charge in [-0.25, -0.2) is 4.98 Å². The molecule has 6 heteroatoms. The van der Waals surface area contributed by atoms with Crippen LogP contribution in [0.3, 0.4) is 0 Å². The van der Waals surface area contributed by atoms with Gasteiger partial charge in [0.15, 0.2) is 5.79 Å². The SMILES string of the molecule is CC1CC(O)C[C@@]2(OCc3ccc(Cc4ncc(-c5cccs5)s4)cc32)O1. The highest BCUT2D eigenvalue weighted by atomic mass is 32.1. The molecule has 2 aliphatic rings. The summed E-state index contributed by atoms with van der Waals surface area (Å²) in [6.45, 7) is 2.53.